The lowest BCUT2D eigenvalue weighted by atomic mass is 10.5. The minimum absolute atomic E-state index is 0.268. The Balaban J connectivity index is 2.59. The van der Waals surface area contributed by atoms with Gasteiger partial charge in [0.15, 0.2) is 11.5 Å². The van der Waals surface area contributed by atoms with Crippen molar-refractivity contribution in [3.8, 4) is 6.01 Å². The van der Waals surface area contributed by atoms with Crippen molar-refractivity contribution in [2.24, 2.45) is 0 Å². The smallest absolute Gasteiger partial charge is 0.320 e. The molecule has 6 heteroatoms. The predicted octanol–water partition coefficient (Wildman–Crippen LogP) is 0.642. The van der Waals surface area contributed by atoms with Gasteiger partial charge in [0.25, 0.3) is 0 Å². The summed E-state index contributed by atoms with van der Waals surface area (Å²) in [6, 6.07) is 0.268. The summed E-state index contributed by atoms with van der Waals surface area (Å²) in [7, 11) is 0. The van der Waals surface area contributed by atoms with Crippen molar-refractivity contribution < 1.29 is 4.74 Å². The maximum Gasteiger partial charge on any atom is 0.320 e. The van der Waals surface area contributed by atoms with E-state index in [4.69, 9.17) is 10.5 Å². The van der Waals surface area contributed by atoms with Crippen LogP contribution in [0, 0.1) is 6.92 Å². The number of aromatic nitrogens is 4. The molecule has 2 rings (SSSR count). The van der Waals surface area contributed by atoms with Gasteiger partial charge in [0.2, 0.25) is 0 Å². The molecule has 0 aliphatic rings. The summed E-state index contributed by atoms with van der Waals surface area (Å²) >= 11 is 0. The minimum atomic E-state index is 0.268. The molecule has 0 bridgehead atoms. The fourth-order valence-corrected chi connectivity index (χ4v) is 1.21. The molecule has 0 unspecified atom stereocenters. The second-order valence-electron chi connectivity index (χ2n) is 2.85. The summed E-state index contributed by atoms with van der Waals surface area (Å²) < 4.78 is 5.15. The van der Waals surface area contributed by atoms with E-state index in [9.17, 15) is 0 Å². The second-order valence-corrected chi connectivity index (χ2v) is 2.85. The molecule has 2 heterocycles. The number of aryl methyl sites for hydroxylation is 1. The molecule has 14 heavy (non-hydrogen) atoms. The van der Waals surface area contributed by atoms with E-state index in [0.29, 0.717) is 23.6 Å². The van der Waals surface area contributed by atoms with Crippen molar-refractivity contribution in [3.05, 3.63) is 5.82 Å². The van der Waals surface area contributed by atoms with E-state index in [1.54, 1.807) is 0 Å². The first-order valence-electron chi connectivity index (χ1n) is 4.33. The number of fused-ring (bicyclic) bond motifs is 1. The van der Waals surface area contributed by atoms with Gasteiger partial charge >= 0.3 is 6.01 Å². The molecule has 0 amide bonds. The fourth-order valence-electron chi connectivity index (χ4n) is 1.21. The molecule has 0 aromatic carbocycles. The van der Waals surface area contributed by atoms with Crippen molar-refractivity contribution in [2.45, 2.75) is 13.8 Å². The van der Waals surface area contributed by atoms with Crippen LogP contribution < -0.4 is 10.5 Å². The molecule has 0 radical (unpaired) electrons. The van der Waals surface area contributed by atoms with Crippen LogP contribution in [0.3, 0.4) is 0 Å². The predicted molar refractivity (Wildman–Crippen MR) is 52.0 cm³/mol. The Morgan fingerprint density at radius 3 is 2.86 bits per heavy atom. The second kappa shape index (κ2) is 3.13. The van der Waals surface area contributed by atoms with Crippen LogP contribution in [-0.4, -0.2) is 26.5 Å². The molecule has 0 aliphatic heterocycles. The normalized spacial score (nSPS) is 10.7. The first-order valence-corrected chi connectivity index (χ1v) is 4.33. The summed E-state index contributed by atoms with van der Waals surface area (Å²) in [6.45, 7) is 4.20. The summed E-state index contributed by atoms with van der Waals surface area (Å²) in [6.07, 6.45) is 0. The van der Waals surface area contributed by atoms with Gasteiger partial charge in [-0.3, -0.25) is 0 Å². The molecule has 0 saturated carbocycles. The van der Waals surface area contributed by atoms with Crippen LogP contribution in [0.4, 0.5) is 5.82 Å². The molecular formula is C8H11N5O. The number of nitrogens with two attached hydrogens (primary N) is 1. The first kappa shape index (κ1) is 8.74. The average molecular weight is 193 g/mol. The largest absolute Gasteiger partial charge is 0.464 e. The van der Waals surface area contributed by atoms with Gasteiger partial charge in [-0.25, -0.2) is 4.98 Å². The first-order chi connectivity index (χ1) is 6.70. The van der Waals surface area contributed by atoms with E-state index < -0.39 is 0 Å². The van der Waals surface area contributed by atoms with Gasteiger partial charge < -0.3 is 15.5 Å². The topological polar surface area (TPSA) is 89.7 Å². The zero-order valence-corrected chi connectivity index (χ0v) is 8.03. The maximum atomic E-state index is 5.70. The highest BCUT2D eigenvalue weighted by Gasteiger charge is 2.08. The molecular weight excluding hydrogens is 182 g/mol. The van der Waals surface area contributed by atoms with Gasteiger partial charge in [-0.2, -0.15) is 9.97 Å². The number of H-pyrrole nitrogens is 1. The van der Waals surface area contributed by atoms with Gasteiger partial charge in [0.1, 0.15) is 11.3 Å². The monoisotopic (exact) mass is 193 g/mol. The van der Waals surface area contributed by atoms with Crippen molar-refractivity contribution in [1.82, 2.24) is 19.9 Å². The molecule has 0 saturated heterocycles. The van der Waals surface area contributed by atoms with Crippen LogP contribution in [0.5, 0.6) is 6.01 Å². The van der Waals surface area contributed by atoms with Gasteiger partial charge in [-0.05, 0) is 13.8 Å². The Morgan fingerprint density at radius 2 is 2.14 bits per heavy atom. The Kier molecular flexibility index (Phi) is 1.95. The summed E-state index contributed by atoms with van der Waals surface area (Å²) in [5.41, 5.74) is 6.90. The van der Waals surface area contributed by atoms with E-state index in [2.05, 4.69) is 19.9 Å². The molecule has 74 valence electrons. The zero-order valence-electron chi connectivity index (χ0n) is 8.03. The highest BCUT2D eigenvalue weighted by Crippen LogP contribution is 2.17. The van der Waals surface area contributed by atoms with Crippen LogP contribution in [0.2, 0.25) is 0 Å². The third-order valence-corrected chi connectivity index (χ3v) is 1.75. The Bertz CT molecular complexity index is 464. The molecule has 6 nitrogen and oxygen atoms in total. The lowest BCUT2D eigenvalue weighted by Gasteiger charge is -2.00. The number of anilines is 1. The van der Waals surface area contributed by atoms with Crippen LogP contribution in [0.15, 0.2) is 0 Å². The Hall–Kier alpha value is -1.85. The number of nitrogens with zero attached hydrogens (tertiary/aromatic N) is 3. The minimum Gasteiger partial charge on any atom is -0.464 e. The van der Waals surface area contributed by atoms with E-state index in [0.717, 1.165) is 5.82 Å². The number of nitrogen functional groups attached to an aromatic ring is 1. The number of nitrogens with one attached hydrogen (secondary N) is 1. The molecule has 2 aromatic rings. The van der Waals surface area contributed by atoms with Crippen LogP contribution in [0.25, 0.3) is 11.2 Å². The van der Waals surface area contributed by atoms with Crippen LogP contribution >= 0.6 is 0 Å². The van der Waals surface area contributed by atoms with Crippen LogP contribution in [-0.2, 0) is 0 Å². The van der Waals surface area contributed by atoms with E-state index in [-0.39, 0.29) is 6.01 Å². The highest BCUT2D eigenvalue weighted by atomic mass is 16.5. The average Bonchev–Trinajstić information content (AvgIpc) is 2.47. The number of rotatable bonds is 2. The quantitative estimate of drug-likeness (QED) is 0.730. The van der Waals surface area contributed by atoms with Crippen molar-refractivity contribution in [3.63, 3.8) is 0 Å². The molecule has 0 spiro atoms. The molecule has 3 N–H and O–H groups in total. The third-order valence-electron chi connectivity index (χ3n) is 1.75. The Labute approximate surface area is 80.5 Å². The maximum absolute atomic E-state index is 5.70. The van der Waals surface area contributed by atoms with Gasteiger partial charge in [-0.15, -0.1) is 0 Å². The molecule has 0 fully saturated rings. The lowest BCUT2D eigenvalue weighted by molar-refractivity contribution is 0.314. The van der Waals surface area contributed by atoms with E-state index in [1.165, 1.54) is 0 Å². The standard InChI is InChI=1S/C8H11N5O/c1-3-14-8-12-6(9)5-7(13-8)11-4(2)10-5/h3H2,1-2H3,(H3,9,10,11,12,13). The SMILES string of the molecule is CCOc1nc(N)c2[nH]c(C)nc2n1. The van der Waals surface area contributed by atoms with Gasteiger partial charge in [-0.1, -0.05) is 0 Å². The van der Waals surface area contributed by atoms with Crippen molar-refractivity contribution in [1.29, 1.82) is 0 Å². The molecule has 2 aromatic heterocycles. The fraction of sp³-hybridized carbons (Fsp3) is 0.375. The molecule has 0 atom stereocenters. The summed E-state index contributed by atoms with van der Waals surface area (Å²) in [5, 5.41) is 0. The van der Waals surface area contributed by atoms with E-state index in [1.807, 2.05) is 13.8 Å². The van der Waals surface area contributed by atoms with Gasteiger partial charge in [0.05, 0.1) is 6.61 Å². The Morgan fingerprint density at radius 1 is 1.36 bits per heavy atom. The number of hydrogen-bond donors (Lipinski definition) is 2. The number of ether oxygens (including phenoxy) is 1. The van der Waals surface area contributed by atoms with E-state index >= 15 is 0 Å². The summed E-state index contributed by atoms with van der Waals surface area (Å²) in [5.74, 6) is 1.12. The number of aromatic amines is 1. The lowest BCUT2D eigenvalue weighted by Crippen LogP contribution is -2.01. The highest BCUT2D eigenvalue weighted by molar-refractivity contribution is 5.81. The number of hydrogen-bond acceptors (Lipinski definition) is 5. The summed E-state index contributed by atoms with van der Waals surface area (Å²) in [4.78, 5) is 15.2. The third kappa shape index (κ3) is 1.34. The molecule has 0 aliphatic carbocycles. The van der Waals surface area contributed by atoms with Crippen molar-refractivity contribution >= 4 is 17.0 Å². The van der Waals surface area contributed by atoms with Crippen LogP contribution in [0.1, 0.15) is 12.7 Å². The zero-order chi connectivity index (χ0) is 10.1. The van der Waals surface area contributed by atoms with Gasteiger partial charge in [0, 0.05) is 0 Å². The number of imidazole rings is 1. The van der Waals surface area contributed by atoms with Crippen molar-refractivity contribution in [2.75, 3.05) is 12.3 Å².